The number of benzene rings is 9. The summed E-state index contributed by atoms with van der Waals surface area (Å²) in [5.74, 6) is 0. The van der Waals surface area contributed by atoms with Gasteiger partial charge in [-0.3, -0.25) is 0 Å². The predicted molar refractivity (Wildman–Crippen MR) is 329 cm³/mol. The lowest BCUT2D eigenvalue weighted by Crippen LogP contribution is -2.60. The fourth-order valence-electron chi connectivity index (χ4n) is 14.4. The van der Waals surface area contributed by atoms with Crippen molar-refractivity contribution in [3.63, 3.8) is 0 Å². The van der Waals surface area contributed by atoms with Gasteiger partial charge < -0.3 is 22.8 Å². The first-order chi connectivity index (χ1) is 37.4. The van der Waals surface area contributed by atoms with Crippen LogP contribution in [-0.4, -0.2) is 16.0 Å². The zero-order valence-corrected chi connectivity index (χ0v) is 46.3. The molecule has 3 aliphatic rings. The Morgan fingerprint density at radius 3 is 1.87 bits per heavy atom. The quantitative estimate of drug-likeness (QED) is 0.166. The number of para-hydroxylation sites is 2. The highest BCUT2D eigenvalue weighted by molar-refractivity contribution is 6.94. The average Bonchev–Trinajstić information content (AvgIpc) is 3.70. The summed E-state index contributed by atoms with van der Waals surface area (Å²) in [7, 11) is 0. The molecule has 380 valence electrons. The molecule has 0 atom stereocenters. The summed E-state index contributed by atoms with van der Waals surface area (Å²) >= 11 is 0. The number of rotatable bonds is 3. The van der Waals surface area contributed by atoms with Gasteiger partial charge in [0.1, 0.15) is 22.3 Å². The van der Waals surface area contributed by atoms with Gasteiger partial charge in [-0.15, -0.1) is 0 Å². The Morgan fingerprint density at radius 2 is 1.14 bits per heavy atom. The molecule has 0 spiro atoms. The van der Waals surface area contributed by atoms with E-state index in [9.17, 15) is 0 Å². The van der Waals surface area contributed by atoms with Crippen LogP contribution in [-0.2, 0) is 21.7 Å². The second-order valence-electron chi connectivity index (χ2n) is 26.4. The van der Waals surface area contributed by atoms with Gasteiger partial charge in [0, 0.05) is 60.6 Å². The Kier molecular flexibility index (Phi) is 9.00. The number of nitrogens with zero attached hydrogens (tertiary/aromatic N) is 3. The normalized spacial score (nSPS) is 15.6. The Bertz CT molecular complexity index is 4740. The highest BCUT2D eigenvalue weighted by atomic mass is 16.3. The largest absolute Gasteiger partial charge is 0.456 e. The van der Waals surface area contributed by atoms with Crippen molar-refractivity contribution < 1.29 is 8.83 Å². The molecular formula is C72H62BN3O2. The van der Waals surface area contributed by atoms with E-state index >= 15 is 0 Å². The zero-order valence-electron chi connectivity index (χ0n) is 46.3. The van der Waals surface area contributed by atoms with Crippen LogP contribution in [0.15, 0.2) is 179 Å². The maximum atomic E-state index is 7.37. The summed E-state index contributed by atoms with van der Waals surface area (Å²) in [5, 5.41) is 8.15. The molecule has 0 radical (unpaired) electrons. The van der Waals surface area contributed by atoms with Crippen LogP contribution < -0.4 is 15.7 Å². The molecule has 0 unspecified atom stereocenters. The number of furan rings is 2. The summed E-state index contributed by atoms with van der Waals surface area (Å²) in [6, 6.07) is 64.4. The SMILES string of the molecule is CC(C)(C)c1ccc(N2B3c4cc5cc(-c6ccccc6)n(-c6ccccc6)c5cc4-n4c5ccc(C(C)(C)C)cc5c5c6oc7ccccc7c6c(c3c54)-c3cc4oc5cc6c(cc5c4cc32)C(C)(C)CCC6(C)C)cc1. The smallest absolute Gasteiger partial charge is 0.333 e. The molecule has 1 aliphatic carbocycles. The maximum absolute atomic E-state index is 7.37. The monoisotopic (exact) mass is 1010 g/mol. The molecular weight excluding hydrogens is 950 g/mol. The summed E-state index contributed by atoms with van der Waals surface area (Å²) in [6.07, 6.45) is 2.29. The average molecular weight is 1010 g/mol. The first kappa shape index (κ1) is 45.9. The van der Waals surface area contributed by atoms with Gasteiger partial charge in [-0.25, -0.2) is 0 Å². The van der Waals surface area contributed by atoms with Crippen molar-refractivity contribution >= 4 is 106 Å². The van der Waals surface area contributed by atoms with Gasteiger partial charge in [-0.2, -0.15) is 0 Å². The molecule has 4 aromatic heterocycles. The van der Waals surface area contributed by atoms with Crippen LogP contribution in [0.5, 0.6) is 0 Å². The van der Waals surface area contributed by atoms with Gasteiger partial charge >= 0.3 is 6.85 Å². The lowest BCUT2D eigenvalue weighted by atomic mass is 9.43. The molecule has 0 N–H and O–H groups in total. The van der Waals surface area contributed by atoms with Crippen LogP contribution in [0.4, 0.5) is 11.4 Å². The predicted octanol–water partition coefficient (Wildman–Crippen LogP) is 18.4. The lowest BCUT2D eigenvalue weighted by molar-refractivity contribution is 0.332. The van der Waals surface area contributed by atoms with Crippen molar-refractivity contribution in [3.8, 4) is 33.8 Å². The molecule has 78 heavy (non-hydrogen) atoms. The van der Waals surface area contributed by atoms with Crippen LogP contribution in [0.1, 0.15) is 104 Å². The maximum Gasteiger partial charge on any atom is 0.333 e. The lowest BCUT2D eigenvalue weighted by Gasteiger charge is -2.42. The molecule has 13 aromatic rings. The number of hydrogen-bond donors (Lipinski definition) is 0. The fourth-order valence-corrected chi connectivity index (χ4v) is 14.4. The van der Waals surface area contributed by atoms with Crippen molar-refractivity contribution in [1.82, 2.24) is 9.13 Å². The second-order valence-corrected chi connectivity index (χ2v) is 26.4. The Labute approximate surface area is 455 Å². The van der Waals surface area contributed by atoms with Crippen LogP contribution >= 0.6 is 0 Å². The zero-order chi connectivity index (χ0) is 53.1. The van der Waals surface area contributed by atoms with Gasteiger partial charge in [-0.1, -0.05) is 160 Å². The first-order valence-electron chi connectivity index (χ1n) is 28.1. The van der Waals surface area contributed by atoms with Crippen LogP contribution in [0.3, 0.4) is 0 Å². The van der Waals surface area contributed by atoms with E-state index in [1.807, 2.05) is 0 Å². The van der Waals surface area contributed by atoms with E-state index in [-0.39, 0.29) is 28.5 Å². The molecule has 0 saturated heterocycles. The van der Waals surface area contributed by atoms with Gasteiger partial charge in [0.05, 0.1) is 27.6 Å². The summed E-state index contributed by atoms with van der Waals surface area (Å²) in [6.45, 7) is 23.3. The molecule has 5 nitrogen and oxygen atoms in total. The van der Waals surface area contributed by atoms with Crippen molar-refractivity contribution in [2.24, 2.45) is 0 Å². The number of anilines is 2. The third kappa shape index (κ3) is 6.20. The highest BCUT2D eigenvalue weighted by Gasteiger charge is 2.47. The third-order valence-corrected chi connectivity index (χ3v) is 18.6. The van der Waals surface area contributed by atoms with E-state index in [0.29, 0.717) is 0 Å². The number of aromatic nitrogens is 2. The van der Waals surface area contributed by atoms with E-state index in [0.717, 1.165) is 90.6 Å². The highest BCUT2D eigenvalue weighted by Crippen LogP contribution is 2.55. The molecule has 0 amide bonds. The van der Waals surface area contributed by atoms with Gasteiger partial charge in [0.15, 0.2) is 0 Å². The van der Waals surface area contributed by atoms with Crippen LogP contribution in [0.25, 0.3) is 110 Å². The Hall–Kier alpha value is -8.22. The molecule has 16 rings (SSSR count). The third-order valence-electron chi connectivity index (χ3n) is 18.6. The Morgan fingerprint density at radius 1 is 0.487 bits per heavy atom. The van der Waals surface area contributed by atoms with Crippen LogP contribution in [0.2, 0.25) is 0 Å². The van der Waals surface area contributed by atoms with Crippen molar-refractivity contribution in [2.45, 2.75) is 104 Å². The number of hydrogen-bond acceptors (Lipinski definition) is 3. The molecule has 0 fully saturated rings. The fraction of sp³-hybridized carbons (Fsp3) is 0.222. The molecule has 9 aromatic carbocycles. The van der Waals surface area contributed by atoms with E-state index in [2.05, 4.69) is 253 Å². The summed E-state index contributed by atoms with van der Waals surface area (Å²) in [4.78, 5) is 2.69. The van der Waals surface area contributed by atoms with Gasteiger partial charge in [0.25, 0.3) is 0 Å². The topological polar surface area (TPSA) is 39.4 Å². The minimum absolute atomic E-state index is 0.0212. The van der Waals surface area contributed by atoms with Crippen molar-refractivity contribution in [3.05, 3.63) is 192 Å². The minimum atomic E-state index is -0.241. The van der Waals surface area contributed by atoms with E-state index in [1.54, 1.807) is 0 Å². The summed E-state index contributed by atoms with van der Waals surface area (Å²) < 4.78 is 19.7. The van der Waals surface area contributed by atoms with E-state index in [4.69, 9.17) is 8.83 Å². The minimum Gasteiger partial charge on any atom is -0.456 e. The molecule has 2 aliphatic heterocycles. The molecule has 6 heteroatoms. The molecule has 0 bridgehead atoms. The first-order valence-corrected chi connectivity index (χ1v) is 28.1. The molecule has 0 saturated carbocycles. The molecule has 6 heterocycles. The van der Waals surface area contributed by atoms with Crippen LogP contribution in [0, 0.1) is 0 Å². The van der Waals surface area contributed by atoms with E-state index < -0.39 is 0 Å². The van der Waals surface area contributed by atoms with Crippen molar-refractivity contribution in [1.29, 1.82) is 0 Å². The van der Waals surface area contributed by atoms with Gasteiger partial charge in [0.2, 0.25) is 0 Å². The van der Waals surface area contributed by atoms with E-state index in [1.165, 1.54) is 77.2 Å². The number of fused-ring (bicyclic) bond motifs is 18. The standard InChI is InChI=1S/C72H62BN3O2/c1-69(2,3)43-25-28-46(29-26-43)76-58-37-49-48-36-52-53(72(9,10)32-31-71(52,7)8)39-62(48)77-61(49)38-51(58)63-64-47-23-17-18-24-60(47)78-68(64)65-50-35-44(70(4,5)6)27-30-55(50)75-59-40-57-42(33-54(59)73(76)66(63)67(65)75)34-56(41-19-13-11-14-20-41)74(57)45-21-15-12-16-22-45/h11-30,33-40H,31-32H2,1-10H3. The van der Waals surface area contributed by atoms with Crippen molar-refractivity contribution in [2.75, 3.05) is 4.81 Å². The van der Waals surface area contributed by atoms with Gasteiger partial charge in [-0.05, 0) is 158 Å². The summed E-state index contributed by atoms with van der Waals surface area (Å²) in [5.41, 5.74) is 24.5. The second kappa shape index (κ2) is 15.3. The Balaban J connectivity index is 1.11.